The lowest BCUT2D eigenvalue weighted by Crippen LogP contribution is -2.20. The molecule has 6 nitrogen and oxygen atoms in total. The molecule has 0 saturated carbocycles. The van der Waals surface area contributed by atoms with Gasteiger partial charge in [0.2, 0.25) is 5.88 Å². The molecule has 6 rings (SSSR count). The van der Waals surface area contributed by atoms with Crippen molar-refractivity contribution in [2.24, 2.45) is 0 Å². The van der Waals surface area contributed by atoms with Gasteiger partial charge in [-0.2, -0.15) is 0 Å². The van der Waals surface area contributed by atoms with Crippen molar-refractivity contribution >= 4 is 23.1 Å². The van der Waals surface area contributed by atoms with E-state index >= 15 is 0 Å². The monoisotopic (exact) mass is 408 g/mol. The first-order valence-electron chi connectivity index (χ1n) is 10.4. The van der Waals surface area contributed by atoms with E-state index in [1.54, 1.807) is 0 Å². The second-order valence-corrected chi connectivity index (χ2v) is 8.10. The van der Waals surface area contributed by atoms with E-state index in [1.807, 2.05) is 36.9 Å². The molecule has 0 spiro atoms. The highest BCUT2D eigenvalue weighted by molar-refractivity contribution is 6.25. The maximum Gasteiger partial charge on any atom is 0.237 e. The number of aromatic nitrogens is 3. The molecule has 0 fully saturated rings. The van der Waals surface area contributed by atoms with Crippen molar-refractivity contribution in [2.75, 3.05) is 18.5 Å². The Labute approximate surface area is 179 Å². The number of hydrogen-bond donors (Lipinski definition) is 1. The second-order valence-electron chi connectivity index (χ2n) is 8.10. The van der Waals surface area contributed by atoms with E-state index in [-0.39, 0.29) is 5.78 Å². The Balaban J connectivity index is 1.40. The van der Waals surface area contributed by atoms with Gasteiger partial charge in [-0.05, 0) is 59.9 Å². The fourth-order valence-corrected chi connectivity index (χ4v) is 4.56. The fourth-order valence-electron chi connectivity index (χ4n) is 4.56. The molecule has 0 saturated heterocycles. The van der Waals surface area contributed by atoms with Crippen LogP contribution < -0.4 is 10.1 Å². The third kappa shape index (κ3) is 2.94. The zero-order valence-electron chi connectivity index (χ0n) is 17.1. The van der Waals surface area contributed by atoms with E-state index in [0.29, 0.717) is 18.9 Å². The summed E-state index contributed by atoms with van der Waals surface area (Å²) in [5.41, 5.74) is 9.92. The summed E-state index contributed by atoms with van der Waals surface area (Å²) in [6.07, 6.45) is 12.6. The fraction of sp³-hybridized carbons (Fsp3) is 0.200. The topological polar surface area (TPSA) is 77.0 Å². The highest BCUT2D eigenvalue weighted by Gasteiger charge is 2.28. The maximum absolute atomic E-state index is 12.8. The van der Waals surface area contributed by atoms with E-state index < -0.39 is 0 Å². The normalized spacial score (nSPS) is 17.5. The van der Waals surface area contributed by atoms with Crippen molar-refractivity contribution in [3.8, 4) is 17.0 Å². The molecule has 152 valence electrons. The van der Waals surface area contributed by atoms with E-state index in [0.717, 1.165) is 63.3 Å². The van der Waals surface area contributed by atoms with E-state index in [4.69, 9.17) is 4.74 Å². The number of pyridine rings is 3. The van der Waals surface area contributed by atoms with Crippen LogP contribution in [-0.2, 0) is 17.6 Å². The number of hydrogen-bond acceptors (Lipinski definition) is 6. The Hall–Kier alpha value is -3.80. The molecule has 0 unspecified atom stereocenters. The SMILES string of the molecule is Cc1c(-c2cnc3c(c2)/C(=C/C2=Cc4cnccc4C2)C(=O)C3)cnc2c1NCCO2. The predicted molar refractivity (Wildman–Crippen MR) is 119 cm³/mol. The molecule has 4 heterocycles. The van der Waals surface area contributed by atoms with Crippen LogP contribution in [0.5, 0.6) is 5.88 Å². The summed E-state index contributed by atoms with van der Waals surface area (Å²) < 4.78 is 5.65. The zero-order valence-corrected chi connectivity index (χ0v) is 17.1. The summed E-state index contributed by atoms with van der Waals surface area (Å²) in [7, 11) is 0. The van der Waals surface area contributed by atoms with Gasteiger partial charge in [-0.15, -0.1) is 0 Å². The van der Waals surface area contributed by atoms with Crippen molar-refractivity contribution in [3.63, 3.8) is 0 Å². The molecule has 1 aliphatic heterocycles. The average molecular weight is 408 g/mol. The number of fused-ring (bicyclic) bond motifs is 3. The van der Waals surface area contributed by atoms with E-state index in [2.05, 4.69) is 39.3 Å². The van der Waals surface area contributed by atoms with Crippen molar-refractivity contribution in [1.82, 2.24) is 15.0 Å². The Morgan fingerprint density at radius 3 is 2.97 bits per heavy atom. The van der Waals surface area contributed by atoms with Crippen LogP contribution in [-0.4, -0.2) is 33.9 Å². The lowest BCUT2D eigenvalue weighted by Gasteiger charge is -2.21. The Kier molecular flexibility index (Phi) is 3.99. The number of Topliss-reactive ketones (excluding diaryl/α,β-unsaturated/α-hetero) is 1. The molecular weight excluding hydrogens is 388 g/mol. The minimum atomic E-state index is 0.116. The lowest BCUT2D eigenvalue weighted by atomic mass is 9.98. The van der Waals surface area contributed by atoms with Gasteiger partial charge in [-0.1, -0.05) is 0 Å². The average Bonchev–Trinajstić information content (AvgIpc) is 3.34. The van der Waals surface area contributed by atoms with Gasteiger partial charge in [0.15, 0.2) is 5.78 Å². The van der Waals surface area contributed by atoms with Crippen LogP contribution in [0, 0.1) is 6.92 Å². The first-order valence-corrected chi connectivity index (χ1v) is 10.4. The molecule has 0 radical (unpaired) electrons. The zero-order chi connectivity index (χ0) is 20.9. The van der Waals surface area contributed by atoms with Gasteiger partial charge in [-0.3, -0.25) is 14.8 Å². The predicted octanol–water partition coefficient (Wildman–Crippen LogP) is 3.80. The number of carbonyl (C=O) groups excluding carboxylic acids is 1. The molecule has 1 N–H and O–H groups in total. The number of rotatable bonds is 2. The van der Waals surface area contributed by atoms with Crippen LogP contribution in [0.15, 0.2) is 48.6 Å². The Bertz CT molecular complexity index is 1320. The lowest BCUT2D eigenvalue weighted by molar-refractivity contribution is -0.112. The summed E-state index contributed by atoms with van der Waals surface area (Å²) in [6.45, 7) is 3.43. The van der Waals surface area contributed by atoms with Gasteiger partial charge in [0, 0.05) is 53.6 Å². The summed E-state index contributed by atoms with van der Waals surface area (Å²) in [6, 6.07) is 4.11. The molecule has 6 heteroatoms. The number of ether oxygens (including phenoxy) is 1. The molecule has 31 heavy (non-hydrogen) atoms. The van der Waals surface area contributed by atoms with Crippen LogP contribution in [0.3, 0.4) is 0 Å². The van der Waals surface area contributed by atoms with Gasteiger partial charge >= 0.3 is 0 Å². The second kappa shape index (κ2) is 6.87. The van der Waals surface area contributed by atoms with Gasteiger partial charge in [0.1, 0.15) is 12.3 Å². The number of ketones is 1. The first-order chi connectivity index (χ1) is 15.2. The Morgan fingerprint density at radius 1 is 1.13 bits per heavy atom. The van der Waals surface area contributed by atoms with Crippen molar-refractivity contribution in [3.05, 3.63) is 76.5 Å². The number of carbonyl (C=O) groups is 1. The molecule has 3 aromatic rings. The summed E-state index contributed by atoms with van der Waals surface area (Å²) in [4.78, 5) is 26.1. The summed E-state index contributed by atoms with van der Waals surface area (Å²) >= 11 is 0. The van der Waals surface area contributed by atoms with E-state index in [1.165, 1.54) is 5.56 Å². The highest BCUT2D eigenvalue weighted by atomic mass is 16.5. The van der Waals surface area contributed by atoms with Crippen LogP contribution in [0.1, 0.15) is 27.9 Å². The van der Waals surface area contributed by atoms with Gasteiger partial charge < -0.3 is 10.1 Å². The number of allylic oxidation sites excluding steroid dienone is 3. The van der Waals surface area contributed by atoms with Gasteiger partial charge in [0.05, 0.1) is 12.1 Å². The number of anilines is 1. The van der Waals surface area contributed by atoms with Crippen LogP contribution in [0.2, 0.25) is 0 Å². The van der Waals surface area contributed by atoms with Gasteiger partial charge in [0.25, 0.3) is 0 Å². The Morgan fingerprint density at radius 2 is 2.06 bits per heavy atom. The first kappa shape index (κ1) is 18.0. The molecule has 3 aromatic heterocycles. The summed E-state index contributed by atoms with van der Waals surface area (Å²) in [5, 5.41) is 3.38. The smallest absolute Gasteiger partial charge is 0.237 e. The summed E-state index contributed by atoms with van der Waals surface area (Å²) in [5.74, 6) is 0.754. The minimum absolute atomic E-state index is 0.116. The molecular formula is C25H20N4O2. The van der Waals surface area contributed by atoms with Crippen molar-refractivity contribution in [1.29, 1.82) is 0 Å². The quantitative estimate of drug-likeness (QED) is 0.650. The van der Waals surface area contributed by atoms with Gasteiger partial charge in [-0.25, -0.2) is 4.98 Å². The maximum atomic E-state index is 12.8. The third-order valence-electron chi connectivity index (χ3n) is 6.16. The highest BCUT2D eigenvalue weighted by Crippen LogP contribution is 2.38. The minimum Gasteiger partial charge on any atom is -0.474 e. The van der Waals surface area contributed by atoms with Crippen LogP contribution in [0.4, 0.5) is 5.69 Å². The number of nitrogens with zero attached hydrogens (tertiary/aromatic N) is 3. The van der Waals surface area contributed by atoms with Crippen molar-refractivity contribution in [2.45, 2.75) is 19.8 Å². The molecule has 0 atom stereocenters. The van der Waals surface area contributed by atoms with Crippen molar-refractivity contribution < 1.29 is 9.53 Å². The molecule has 3 aliphatic rings. The standard InChI is InChI=1S/C25H20N4O2/c1-14-21(13-29-25-24(14)27-4-5-31-25)18-9-19-20(23(30)10-22(19)28-12-18)8-15-6-16-2-3-26-11-17(16)7-15/h2-3,7-9,11-13,27H,4-6,10H2,1H3/b20-8-. The number of nitrogens with one attached hydrogen (secondary N) is 1. The molecule has 2 aliphatic carbocycles. The van der Waals surface area contributed by atoms with Crippen LogP contribution >= 0.6 is 0 Å². The third-order valence-corrected chi connectivity index (χ3v) is 6.16. The molecule has 0 bridgehead atoms. The molecule has 0 aromatic carbocycles. The van der Waals surface area contributed by atoms with Crippen LogP contribution in [0.25, 0.3) is 22.8 Å². The molecule has 0 amide bonds. The largest absolute Gasteiger partial charge is 0.474 e. The van der Waals surface area contributed by atoms with E-state index in [9.17, 15) is 4.79 Å².